The molecule has 0 spiro atoms. The third-order valence-corrected chi connectivity index (χ3v) is 6.85. The predicted molar refractivity (Wildman–Crippen MR) is 126 cm³/mol. The monoisotopic (exact) mass is 447 g/mol. The molecule has 0 N–H and O–H groups in total. The van der Waals surface area contributed by atoms with Crippen molar-refractivity contribution < 1.29 is 14.3 Å². The van der Waals surface area contributed by atoms with Crippen molar-refractivity contribution in [3.63, 3.8) is 0 Å². The van der Waals surface area contributed by atoms with E-state index in [0.29, 0.717) is 25.4 Å². The van der Waals surface area contributed by atoms with E-state index in [9.17, 15) is 4.79 Å². The minimum absolute atomic E-state index is 0.0199. The number of aromatic nitrogens is 2. The number of carbonyl (C=O) groups excluding carboxylic acids is 1. The first-order valence-corrected chi connectivity index (χ1v) is 11.5. The van der Waals surface area contributed by atoms with Crippen LogP contribution in [0.1, 0.15) is 21.6 Å². The Hall–Kier alpha value is -3.16. The molecule has 7 heteroatoms. The number of nitrogens with zero attached hydrogens (tertiary/aromatic N) is 3. The fourth-order valence-electron chi connectivity index (χ4n) is 4.29. The molecule has 0 saturated carbocycles. The maximum Gasteiger partial charge on any atom is 0.273 e. The van der Waals surface area contributed by atoms with Gasteiger partial charge in [0.05, 0.1) is 19.4 Å². The number of methoxy groups -OCH3 is 2. The minimum Gasteiger partial charge on any atom is -0.497 e. The zero-order valence-corrected chi connectivity index (χ0v) is 19.0. The van der Waals surface area contributed by atoms with Crippen LogP contribution in [0.5, 0.6) is 5.75 Å². The molecule has 0 aliphatic carbocycles. The van der Waals surface area contributed by atoms with E-state index in [1.54, 1.807) is 14.2 Å². The molecule has 1 aliphatic rings. The van der Waals surface area contributed by atoms with E-state index >= 15 is 0 Å². The summed E-state index contributed by atoms with van der Waals surface area (Å²) in [4.78, 5) is 19.9. The number of hydrogen-bond acceptors (Lipinski definition) is 5. The number of hydrogen-bond donors (Lipinski definition) is 0. The van der Waals surface area contributed by atoms with E-state index in [0.717, 1.165) is 40.3 Å². The third-order valence-electron chi connectivity index (χ3n) is 5.98. The van der Waals surface area contributed by atoms with Gasteiger partial charge >= 0.3 is 0 Å². The summed E-state index contributed by atoms with van der Waals surface area (Å²) in [5.74, 6) is 0.838. The van der Waals surface area contributed by atoms with E-state index in [1.807, 2.05) is 34.5 Å². The smallest absolute Gasteiger partial charge is 0.273 e. The third kappa shape index (κ3) is 3.78. The zero-order chi connectivity index (χ0) is 22.1. The average Bonchev–Trinajstić information content (AvgIpc) is 3.46. The lowest BCUT2D eigenvalue weighted by molar-refractivity contribution is 0.0729. The van der Waals surface area contributed by atoms with Crippen molar-refractivity contribution in [3.05, 3.63) is 70.7 Å². The van der Waals surface area contributed by atoms with Crippen molar-refractivity contribution in [3.8, 4) is 16.5 Å². The molecule has 0 bridgehead atoms. The van der Waals surface area contributed by atoms with Gasteiger partial charge in [0.1, 0.15) is 16.5 Å². The number of rotatable bonds is 6. The van der Waals surface area contributed by atoms with Gasteiger partial charge in [-0.05, 0) is 41.8 Å². The van der Waals surface area contributed by atoms with Crippen LogP contribution in [0.25, 0.3) is 21.6 Å². The second kappa shape index (κ2) is 8.76. The molecule has 0 radical (unpaired) electrons. The van der Waals surface area contributed by atoms with Crippen molar-refractivity contribution >= 4 is 28.1 Å². The summed E-state index contributed by atoms with van der Waals surface area (Å²) >= 11 is 1.51. The van der Waals surface area contributed by atoms with Gasteiger partial charge in [-0.25, -0.2) is 4.98 Å². The molecule has 4 aromatic rings. The topological polar surface area (TPSA) is 56.6 Å². The van der Waals surface area contributed by atoms with E-state index in [2.05, 4.69) is 28.8 Å². The SMILES string of the molecule is COCCn1c(-c2nc(C(=O)N3CCc4cc(OC)ccc4C3)cs2)cc2ccccc21. The van der Waals surface area contributed by atoms with Crippen LogP contribution in [0, 0.1) is 0 Å². The highest BCUT2D eigenvalue weighted by Crippen LogP contribution is 2.31. The van der Waals surface area contributed by atoms with Gasteiger partial charge in [-0.2, -0.15) is 0 Å². The van der Waals surface area contributed by atoms with Crippen molar-refractivity contribution in [1.29, 1.82) is 0 Å². The Bertz CT molecular complexity index is 1280. The molecular weight excluding hydrogens is 422 g/mol. The van der Waals surface area contributed by atoms with Gasteiger partial charge in [0.2, 0.25) is 0 Å². The molecule has 0 saturated heterocycles. The van der Waals surface area contributed by atoms with Crippen LogP contribution in [0.3, 0.4) is 0 Å². The second-order valence-corrected chi connectivity index (χ2v) is 8.74. The number of ether oxygens (including phenoxy) is 2. The summed E-state index contributed by atoms with van der Waals surface area (Å²) in [5.41, 5.74) is 5.08. The molecule has 2 aromatic carbocycles. The number of benzene rings is 2. The van der Waals surface area contributed by atoms with Gasteiger partial charge in [-0.1, -0.05) is 24.3 Å². The minimum atomic E-state index is -0.0199. The van der Waals surface area contributed by atoms with Gasteiger partial charge in [0, 0.05) is 43.0 Å². The van der Waals surface area contributed by atoms with Gasteiger partial charge in [0.15, 0.2) is 0 Å². The van der Waals surface area contributed by atoms with Gasteiger partial charge in [0.25, 0.3) is 5.91 Å². The Kier molecular flexibility index (Phi) is 5.68. The van der Waals surface area contributed by atoms with Crippen LogP contribution in [0.4, 0.5) is 0 Å². The van der Waals surface area contributed by atoms with E-state index in [-0.39, 0.29) is 5.91 Å². The van der Waals surface area contributed by atoms with E-state index < -0.39 is 0 Å². The summed E-state index contributed by atoms with van der Waals surface area (Å²) in [6.45, 7) is 2.62. The number of amides is 1. The summed E-state index contributed by atoms with van der Waals surface area (Å²) in [6.07, 6.45) is 0.820. The van der Waals surface area contributed by atoms with Gasteiger partial charge in [-0.15, -0.1) is 11.3 Å². The Morgan fingerprint density at radius 1 is 1.12 bits per heavy atom. The molecule has 2 aromatic heterocycles. The summed E-state index contributed by atoms with van der Waals surface area (Å²) < 4.78 is 12.9. The Morgan fingerprint density at radius 2 is 2.00 bits per heavy atom. The van der Waals surface area contributed by atoms with E-state index in [1.165, 1.54) is 22.5 Å². The summed E-state index contributed by atoms with van der Waals surface area (Å²) in [6, 6.07) is 16.5. The zero-order valence-electron chi connectivity index (χ0n) is 18.2. The highest BCUT2D eigenvalue weighted by Gasteiger charge is 2.25. The summed E-state index contributed by atoms with van der Waals surface area (Å²) in [7, 11) is 3.38. The van der Waals surface area contributed by atoms with Crippen LogP contribution >= 0.6 is 11.3 Å². The second-order valence-electron chi connectivity index (χ2n) is 7.88. The van der Waals surface area contributed by atoms with Crippen molar-refractivity contribution in [1.82, 2.24) is 14.5 Å². The highest BCUT2D eigenvalue weighted by molar-refractivity contribution is 7.13. The van der Waals surface area contributed by atoms with Crippen LogP contribution in [0.2, 0.25) is 0 Å². The van der Waals surface area contributed by atoms with Crippen LogP contribution in [-0.4, -0.2) is 47.7 Å². The number of para-hydroxylation sites is 1. The summed E-state index contributed by atoms with van der Waals surface area (Å²) in [5, 5.41) is 3.88. The fourth-order valence-corrected chi connectivity index (χ4v) is 5.11. The Balaban J connectivity index is 1.41. The van der Waals surface area contributed by atoms with E-state index in [4.69, 9.17) is 14.5 Å². The number of fused-ring (bicyclic) bond motifs is 2. The Labute approximate surface area is 191 Å². The highest BCUT2D eigenvalue weighted by atomic mass is 32.1. The first-order chi connectivity index (χ1) is 15.7. The maximum absolute atomic E-state index is 13.2. The molecule has 0 unspecified atom stereocenters. The quantitative estimate of drug-likeness (QED) is 0.433. The molecule has 3 heterocycles. The van der Waals surface area contributed by atoms with Crippen LogP contribution in [-0.2, 0) is 24.2 Å². The van der Waals surface area contributed by atoms with Crippen molar-refractivity contribution in [2.24, 2.45) is 0 Å². The lowest BCUT2D eigenvalue weighted by Crippen LogP contribution is -2.36. The molecule has 0 atom stereocenters. The average molecular weight is 448 g/mol. The molecular formula is C25H25N3O3S. The Morgan fingerprint density at radius 3 is 2.84 bits per heavy atom. The molecule has 5 rings (SSSR count). The molecule has 32 heavy (non-hydrogen) atoms. The maximum atomic E-state index is 13.2. The molecule has 0 fully saturated rings. The molecule has 164 valence electrons. The molecule has 1 aliphatic heterocycles. The van der Waals surface area contributed by atoms with Crippen LogP contribution < -0.4 is 4.74 Å². The molecule has 6 nitrogen and oxygen atoms in total. The largest absolute Gasteiger partial charge is 0.497 e. The van der Waals surface area contributed by atoms with Crippen LogP contribution in [0.15, 0.2) is 53.9 Å². The van der Waals surface area contributed by atoms with Crippen molar-refractivity contribution in [2.75, 3.05) is 27.4 Å². The fraction of sp³-hybridized carbons (Fsp3) is 0.280. The first kappa shape index (κ1) is 20.7. The number of carbonyl (C=O) groups is 1. The van der Waals surface area contributed by atoms with Gasteiger partial charge < -0.3 is 18.9 Å². The lowest BCUT2D eigenvalue weighted by atomic mass is 9.99. The van der Waals surface area contributed by atoms with Gasteiger partial charge in [-0.3, -0.25) is 4.79 Å². The lowest BCUT2D eigenvalue weighted by Gasteiger charge is -2.28. The number of thiazole rings is 1. The first-order valence-electron chi connectivity index (χ1n) is 10.7. The molecule has 1 amide bonds. The standard InChI is InChI=1S/C25H25N3O3S/c1-30-12-11-28-22-6-4-3-5-18(22)14-23(28)24-26-21(16-32-24)25(29)27-10-9-17-13-20(31-2)8-7-19(17)15-27/h3-8,13-14,16H,9-12,15H2,1-2H3. The van der Waals surface area contributed by atoms with Crippen molar-refractivity contribution in [2.45, 2.75) is 19.5 Å². The predicted octanol–water partition coefficient (Wildman–Crippen LogP) is 4.62. The normalized spacial score (nSPS) is 13.4.